The predicted octanol–water partition coefficient (Wildman–Crippen LogP) is -0.882. The third-order valence-corrected chi connectivity index (χ3v) is 2.27. The maximum absolute atomic E-state index is 11.4. The molecule has 8 heteroatoms. The molecule has 1 aromatic heterocycles. The summed E-state index contributed by atoms with van der Waals surface area (Å²) in [6.45, 7) is 0. The molecule has 0 aliphatic rings. The second kappa shape index (κ2) is 5.94. The van der Waals surface area contributed by atoms with Crippen molar-refractivity contribution in [2.75, 3.05) is 0 Å². The van der Waals surface area contributed by atoms with Crippen LogP contribution in [0.2, 0.25) is 0 Å². The average Bonchev–Trinajstić information content (AvgIpc) is 2.93. The molecule has 0 radical (unpaired) electrons. The topological polar surface area (TPSA) is 108 Å². The number of rotatable bonds is 4. The smallest absolute Gasteiger partial charge is 0.441 e. The number of hydrazone groups is 1. The second-order valence-electron chi connectivity index (χ2n) is 3.54. The minimum absolute atomic E-state index is 0.104. The van der Waals surface area contributed by atoms with Crippen LogP contribution in [0.4, 0.5) is 0 Å². The Hall–Kier alpha value is -2.45. The van der Waals surface area contributed by atoms with Gasteiger partial charge in [-0.15, -0.1) is 0 Å². The zero-order valence-electron chi connectivity index (χ0n) is 9.72. The number of hydrogen-bond acceptors (Lipinski definition) is 6. The van der Waals surface area contributed by atoms with E-state index in [1.165, 1.54) is 18.7 Å². The fourth-order valence-electron chi connectivity index (χ4n) is 1.41. The highest BCUT2D eigenvalue weighted by atomic mass is 16.4. The van der Waals surface area contributed by atoms with E-state index >= 15 is 0 Å². The highest BCUT2D eigenvalue weighted by Gasteiger charge is 2.14. The molecule has 1 heterocycles. The van der Waals surface area contributed by atoms with Gasteiger partial charge in [-0.2, -0.15) is 5.10 Å². The molecule has 0 saturated heterocycles. The number of oxazole rings is 1. The van der Waals surface area contributed by atoms with Gasteiger partial charge in [-0.05, 0) is 11.0 Å². The Kier molecular flexibility index (Phi) is 4.06. The molecule has 0 aliphatic heterocycles. The van der Waals surface area contributed by atoms with Crippen molar-refractivity contribution < 1.29 is 19.3 Å². The Morgan fingerprint density at radius 1 is 1.42 bits per heavy atom. The maximum atomic E-state index is 11.4. The largest absolute Gasteiger partial charge is 0.489 e. The van der Waals surface area contributed by atoms with E-state index in [2.05, 4.69) is 15.5 Å². The highest BCUT2D eigenvalue weighted by molar-refractivity contribution is 6.60. The van der Waals surface area contributed by atoms with E-state index < -0.39 is 13.0 Å². The number of amides is 1. The summed E-state index contributed by atoms with van der Waals surface area (Å²) in [5.41, 5.74) is 2.98. The first-order valence-electron chi connectivity index (χ1n) is 5.36. The van der Waals surface area contributed by atoms with Crippen molar-refractivity contribution in [1.82, 2.24) is 10.4 Å². The summed E-state index contributed by atoms with van der Waals surface area (Å²) in [6, 6.07) is 6.55. The zero-order valence-corrected chi connectivity index (χ0v) is 9.72. The fraction of sp³-hybridized carbons (Fsp3) is 0. The van der Waals surface area contributed by atoms with Crippen molar-refractivity contribution in [3.8, 4) is 0 Å². The molecule has 0 saturated carbocycles. The Bertz CT molecular complexity index is 583. The Balaban J connectivity index is 2.05. The molecule has 0 aliphatic carbocycles. The molecule has 1 amide bonds. The van der Waals surface area contributed by atoms with Gasteiger partial charge in [-0.25, -0.2) is 10.4 Å². The maximum Gasteiger partial charge on any atom is 0.489 e. The predicted molar refractivity (Wildman–Crippen MR) is 67.8 cm³/mol. The molecule has 96 valence electrons. The Labute approximate surface area is 108 Å². The average molecular weight is 259 g/mol. The van der Waals surface area contributed by atoms with Gasteiger partial charge in [-0.1, -0.05) is 24.3 Å². The van der Waals surface area contributed by atoms with E-state index in [9.17, 15) is 4.79 Å². The first kappa shape index (κ1) is 13.0. The molecule has 7 nitrogen and oxygen atoms in total. The van der Waals surface area contributed by atoms with E-state index in [1.807, 2.05) is 0 Å². The van der Waals surface area contributed by atoms with Crippen molar-refractivity contribution >= 4 is 24.7 Å². The molecule has 0 fully saturated rings. The van der Waals surface area contributed by atoms with Crippen LogP contribution in [-0.4, -0.2) is 34.3 Å². The number of hydrogen-bond donors (Lipinski definition) is 3. The molecular weight excluding hydrogens is 249 g/mol. The van der Waals surface area contributed by atoms with Gasteiger partial charge in [0.05, 0.1) is 12.4 Å². The van der Waals surface area contributed by atoms with Gasteiger partial charge in [0.25, 0.3) is 5.89 Å². The van der Waals surface area contributed by atoms with Gasteiger partial charge in [0.1, 0.15) is 6.26 Å². The summed E-state index contributed by atoms with van der Waals surface area (Å²) in [4.78, 5) is 15.1. The summed E-state index contributed by atoms with van der Waals surface area (Å²) in [5.74, 6) is -0.698. The number of carbonyl (C=O) groups excluding carboxylic acids is 1. The second-order valence-corrected chi connectivity index (χ2v) is 3.54. The number of carbonyl (C=O) groups is 1. The van der Waals surface area contributed by atoms with Crippen LogP contribution >= 0.6 is 0 Å². The lowest BCUT2D eigenvalue weighted by molar-refractivity contribution is 0.0920. The third kappa shape index (κ3) is 3.27. The first-order chi connectivity index (χ1) is 9.18. The van der Waals surface area contributed by atoms with Crippen molar-refractivity contribution in [1.29, 1.82) is 0 Å². The van der Waals surface area contributed by atoms with Gasteiger partial charge >= 0.3 is 13.0 Å². The summed E-state index contributed by atoms with van der Waals surface area (Å²) >= 11 is 0. The fourth-order valence-corrected chi connectivity index (χ4v) is 1.41. The molecule has 0 bridgehead atoms. The van der Waals surface area contributed by atoms with E-state index in [1.54, 1.807) is 24.3 Å². The molecule has 1 aromatic carbocycles. The Morgan fingerprint density at radius 3 is 2.89 bits per heavy atom. The number of nitrogens with one attached hydrogen (secondary N) is 1. The summed E-state index contributed by atoms with van der Waals surface area (Å²) < 4.78 is 4.78. The zero-order chi connectivity index (χ0) is 13.7. The minimum atomic E-state index is -1.61. The number of nitrogens with zero attached hydrogens (tertiary/aromatic N) is 2. The van der Waals surface area contributed by atoms with Crippen molar-refractivity contribution in [2.24, 2.45) is 5.10 Å². The summed E-state index contributed by atoms with van der Waals surface area (Å²) in [6.07, 6.45) is 3.92. The lowest BCUT2D eigenvalue weighted by Crippen LogP contribution is -2.33. The first-order valence-corrected chi connectivity index (χ1v) is 5.36. The molecule has 0 spiro atoms. The summed E-state index contributed by atoms with van der Waals surface area (Å²) in [5, 5.41) is 22.0. The van der Waals surface area contributed by atoms with Crippen LogP contribution in [0.15, 0.2) is 46.2 Å². The molecule has 2 aromatic rings. The van der Waals surface area contributed by atoms with E-state index in [0.29, 0.717) is 5.56 Å². The molecule has 3 N–H and O–H groups in total. The van der Waals surface area contributed by atoms with E-state index in [-0.39, 0.29) is 11.4 Å². The lowest BCUT2D eigenvalue weighted by Gasteiger charge is -2.03. The van der Waals surface area contributed by atoms with Gasteiger partial charge in [0.15, 0.2) is 0 Å². The monoisotopic (exact) mass is 259 g/mol. The van der Waals surface area contributed by atoms with Crippen LogP contribution in [0.5, 0.6) is 0 Å². The van der Waals surface area contributed by atoms with Gasteiger partial charge in [-0.3, -0.25) is 4.79 Å². The molecule has 0 atom stereocenters. The van der Waals surface area contributed by atoms with Crippen molar-refractivity contribution in [2.45, 2.75) is 0 Å². The molecule has 19 heavy (non-hydrogen) atoms. The highest BCUT2D eigenvalue weighted by Crippen LogP contribution is 1.95. The molecule has 0 unspecified atom stereocenters. The van der Waals surface area contributed by atoms with E-state index in [0.717, 1.165) is 0 Å². The van der Waals surface area contributed by atoms with Crippen LogP contribution in [0.1, 0.15) is 16.2 Å². The molecular formula is C11H10BN3O4. The molecule has 2 rings (SSSR count). The minimum Gasteiger partial charge on any atom is -0.441 e. The van der Waals surface area contributed by atoms with Crippen LogP contribution in [0, 0.1) is 0 Å². The van der Waals surface area contributed by atoms with Crippen LogP contribution < -0.4 is 10.9 Å². The van der Waals surface area contributed by atoms with Crippen LogP contribution in [0.3, 0.4) is 0 Å². The van der Waals surface area contributed by atoms with Crippen molar-refractivity contribution in [3.05, 3.63) is 48.2 Å². The van der Waals surface area contributed by atoms with Gasteiger partial charge in [0, 0.05) is 0 Å². The third-order valence-electron chi connectivity index (χ3n) is 2.27. The SMILES string of the molecule is O=C(N/N=C/c1ccccc1B(O)O)c1ncco1. The van der Waals surface area contributed by atoms with E-state index in [4.69, 9.17) is 14.5 Å². The number of aromatic nitrogens is 1. The lowest BCUT2D eigenvalue weighted by atomic mass is 9.77. The van der Waals surface area contributed by atoms with Gasteiger partial charge < -0.3 is 14.5 Å². The standard InChI is InChI=1S/C11H10BN3O4/c16-10(11-13-5-6-19-11)15-14-7-8-3-1-2-4-9(8)12(17)18/h1-7,17-18H,(H,15,16)/b14-7+. The van der Waals surface area contributed by atoms with Gasteiger partial charge in [0.2, 0.25) is 0 Å². The normalized spacial score (nSPS) is 10.6. The Morgan fingerprint density at radius 2 is 2.21 bits per heavy atom. The van der Waals surface area contributed by atoms with Crippen molar-refractivity contribution in [3.63, 3.8) is 0 Å². The van der Waals surface area contributed by atoms with Crippen LogP contribution in [-0.2, 0) is 0 Å². The quantitative estimate of drug-likeness (QED) is 0.375. The van der Waals surface area contributed by atoms with Crippen LogP contribution in [0.25, 0.3) is 0 Å². The number of benzene rings is 1. The summed E-state index contributed by atoms with van der Waals surface area (Å²) in [7, 11) is -1.61.